The van der Waals surface area contributed by atoms with Crippen LogP contribution in [0.5, 0.6) is 0 Å². The van der Waals surface area contributed by atoms with Gasteiger partial charge < -0.3 is 10.0 Å². The first-order chi connectivity index (χ1) is 9.63. The van der Waals surface area contributed by atoms with Crippen LogP contribution < -0.4 is 4.90 Å². The van der Waals surface area contributed by atoms with Gasteiger partial charge in [0.15, 0.2) is 0 Å². The Hall–Kier alpha value is -1.49. The third kappa shape index (κ3) is 3.33. The van der Waals surface area contributed by atoms with Gasteiger partial charge in [0.25, 0.3) is 0 Å². The van der Waals surface area contributed by atoms with Crippen LogP contribution in [0, 0.1) is 0 Å². The average molecular weight is 293 g/mol. The molecule has 108 valence electrons. The minimum Gasteiger partial charge on any atom is -0.480 e. The fourth-order valence-electron chi connectivity index (χ4n) is 2.41. The predicted molar refractivity (Wildman–Crippen MR) is 81.3 cm³/mol. The molecule has 1 aromatic carbocycles. The summed E-state index contributed by atoms with van der Waals surface area (Å²) < 4.78 is 0. The van der Waals surface area contributed by atoms with E-state index in [4.69, 9.17) is 5.11 Å². The zero-order valence-electron chi connectivity index (χ0n) is 11.5. The fraction of sp³-hybridized carbons (Fsp3) is 0.467. The number of anilines is 1. The molecule has 5 heteroatoms. The second-order valence-corrected chi connectivity index (χ2v) is 6.01. The standard InChI is InChI=1S/C15H19NO3S/c1-2-13(15(18)19)20-10-14(17)16-9-5-7-11-6-3-4-8-12(11)16/h3-4,6,8,13H,2,5,7,9-10H2,1H3,(H,18,19). The van der Waals surface area contributed by atoms with E-state index in [0.717, 1.165) is 25.1 Å². The van der Waals surface area contributed by atoms with Gasteiger partial charge in [-0.2, -0.15) is 0 Å². The molecule has 1 aliphatic heterocycles. The average Bonchev–Trinajstić information content (AvgIpc) is 2.46. The van der Waals surface area contributed by atoms with Gasteiger partial charge in [0.2, 0.25) is 5.91 Å². The highest BCUT2D eigenvalue weighted by atomic mass is 32.2. The SMILES string of the molecule is CCC(SCC(=O)N1CCCc2ccccc21)C(=O)O. The lowest BCUT2D eigenvalue weighted by atomic mass is 10.0. The molecule has 4 nitrogen and oxygen atoms in total. The van der Waals surface area contributed by atoms with Crippen molar-refractivity contribution in [2.24, 2.45) is 0 Å². The zero-order chi connectivity index (χ0) is 14.5. The van der Waals surface area contributed by atoms with E-state index in [1.54, 1.807) is 4.90 Å². The van der Waals surface area contributed by atoms with Gasteiger partial charge in [-0.3, -0.25) is 9.59 Å². The Balaban J connectivity index is 2.02. The van der Waals surface area contributed by atoms with E-state index in [1.165, 1.54) is 17.3 Å². The Morgan fingerprint density at radius 3 is 2.85 bits per heavy atom. The molecule has 0 saturated heterocycles. The number of nitrogens with zero attached hydrogens (tertiary/aromatic N) is 1. The van der Waals surface area contributed by atoms with Crippen LogP contribution in [-0.4, -0.2) is 34.5 Å². The number of carboxylic acids is 1. The number of hydrogen-bond acceptors (Lipinski definition) is 3. The van der Waals surface area contributed by atoms with Crippen molar-refractivity contribution >= 4 is 29.3 Å². The Bertz CT molecular complexity index is 504. The zero-order valence-corrected chi connectivity index (χ0v) is 12.4. The number of fused-ring (bicyclic) bond motifs is 1. The summed E-state index contributed by atoms with van der Waals surface area (Å²) in [6.45, 7) is 2.55. The third-order valence-corrected chi connectivity index (χ3v) is 4.82. The largest absolute Gasteiger partial charge is 0.480 e. The number of rotatable bonds is 5. The molecule has 0 saturated carbocycles. The summed E-state index contributed by atoms with van der Waals surface area (Å²) in [4.78, 5) is 25.1. The number of amides is 1. The number of carbonyl (C=O) groups is 2. The number of thioether (sulfide) groups is 1. The van der Waals surface area contributed by atoms with E-state index in [0.29, 0.717) is 6.42 Å². The molecule has 1 aromatic rings. The number of carbonyl (C=O) groups excluding carboxylic acids is 1. The molecule has 0 aromatic heterocycles. The van der Waals surface area contributed by atoms with Crippen LogP contribution in [0.15, 0.2) is 24.3 Å². The number of para-hydroxylation sites is 1. The highest BCUT2D eigenvalue weighted by Crippen LogP contribution is 2.27. The lowest BCUT2D eigenvalue weighted by molar-refractivity contribution is -0.136. The normalized spacial score (nSPS) is 15.6. The van der Waals surface area contributed by atoms with Crippen LogP contribution in [0.25, 0.3) is 0 Å². The molecular formula is C15H19NO3S. The Kier molecular flexibility index (Phi) is 5.06. The summed E-state index contributed by atoms with van der Waals surface area (Å²) >= 11 is 1.22. The van der Waals surface area contributed by atoms with Crippen molar-refractivity contribution in [2.75, 3.05) is 17.2 Å². The van der Waals surface area contributed by atoms with Crippen molar-refractivity contribution in [1.29, 1.82) is 0 Å². The topological polar surface area (TPSA) is 57.6 Å². The van der Waals surface area contributed by atoms with Crippen LogP contribution in [0.2, 0.25) is 0 Å². The molecular weight excluding hydrogens is 274 g/mol. The molecule has 1 aliphatic rings. The quantitative estimate of drug-likeness (QED) is 0.906. The maximum atomic E-state index is 12.3. The van der Waals surface area contributed by atoms with Crippen LogP contribution in [0.3, 0.4) is 0 Å². The highest BCUT2D eigenvalue weighted by molar-refractivity contribution is 8.01. The van der Waals surface area contributed by atoms with Crippen LogP contribution >= 0.6 is 11.8 Å². The monoisotopic (exact) mass is 293 g/mol. The third-order valence-electron chi connectivity index (χ3n) is 3.47. The van der Waals surface area contributed by atoms with Crippen molar-refractivity contribution in [3.8, 4) is 0 Å². The van der Waals surface area contributed by atoms with Gasteiger partial charge in [0, 0.05) is 12.2 Å². The van der Waals surface area contributed by atoms with Gasteiger partial charge in [0.1, 0.15) is 5.25 Å². The Morgan fingerprint density at radius 1 is 1.40 bits per heavy atom. The number of aliphatic carboxylic acids is 1. The first-order valence-corrected chi connectivity index (χ1v) is 7.91. The van der Waals surface area contributed by atoms with Crippen LogP contribution in [0.4, 0.5) is 5.69 Å². The maximum Gasteiger partial charge on any atom is 0.316 e. The molecule has 1 atom stereocenters. The van der Waals surface area contributed by atoms with Gasteiger partial charge in [-0.05, 0) is 30.9 Å². The molecule has 0 bridgehead atoms. The van der Waals surface area contributed by atoms with E-state index in [1.807, 2.05) is 31.2 Å². The summed E-state index contributed by atoms with van der Waals surface area (Å²) in [5, 5.41) is 8.51. The summed E-state index contributed by atoms with van der Waals surface area (Å²) in [7, 11) is 0. The molecule has 0 spiro atoms. The predicted octanol–water partition coefficient (Wildman–Crippen LogP) is 2.56. The smallest absolute Gasteiger partial charge is 0.316 e. The van der Waals surface area contributed by atoms with Crippen molar-refractivity contribution in [3.63, 3.8) is 0 Å². The fourth-order valence-corrected chi connectivity index (χ4v) is 3.28. The first kappa shape index (κ1) is 14.9. The highest BCUT2D eigenvalue weighted by Gasteiger charge is 2.24. The van der Waals surface area contributed by atoms with Gasteiger partial charge in [-0.1, -0.05) is 25.1 Å². The lowest BCUT2D eigenvalue weighted by Crippen LogP contribution is -2.37. The molecule has 1 N–H and O–H groups in total. The minimum atomic E-state index is -0.843. The summed E-state index contributed by atoms with van der Waals surface area (Å²) in [6, 6.07) is 7.93. The lowest BCUT2D eigenvalue weighted by Gasteiger charge is -2.29. The van der Waals surface area contributed by atoms with Gasteiger partial charge in [-0.15, -0.1) is 11.8 Å². The van der Waals surface area contributed by atoms with Crippen molar-refractivity contribution < 1.29 is 14.7 Å². The van der Waals surface area contributed by atoms with E-state index in [-0.39, 0.29) is 11.7 Å². The summed E-state index contributed by atoms with van der Waals surface area (Å²) in [6.07, 6.45) is 2.49. The van der Waals surface area contributed by atoms with E-state index in [2.05, 4.69) is 0 Å². The molecule has 1 amide bonds. The van der Waals surface area contributed by atoms with Gasteiger partial charge in [0.05, 0.1) is 5.75 Å². The molecule has 0 aliphatic carbocycles. The summed E-state index contributed by atoms with van der Waals surface area (Å²) in [5.41, 5.74) is 2.18. The summed E-state index contributed by atoms with van der Waals surface area (Å²) in [5.74, 6) is -0.620. The van der Waals surface area contributed by atoms with E-state index in [9.17, 15) is 9.59 Å². The second-order valence-electron chi connectivity index (χ2n) is 4.82. The van der Waals surface area contributed by atoms with E-state index >= 15 is 0 Å². The molecule has 1 heterocycles. The molecule has 2 rings (SSSR count). The minimum absolute atomic E-state index is 0.00171. The van der Waals surface area contributed by atoms with Crippen molar-refractivity contribution in [1.82, 2.24) is 0 Å². The Labute approximate surface area is 123 Å². The van der Waals surface area contributed by atoms with Crippen molar-refractivity contribution in [3.05, 3.63) is 29.8 Å². The number of hydrogen-bond donors (Lipinski definition) is 1. The van der Waals surface area contributed by atoms with Crippen LogP contribution in [0.1, 0.15) is 25.3 Å². The van der Waals surface area contributed by atoms with Crippen molar-refractivity contribution in [2.45, 2.75) is 31.4 Å². The number of carboxylic acid groups (broad SMARTS) is 1. The molecule has 0 radical (unpaired) electrons. The van der Waals surface area contributed by atoms with E-state index < -0.39 is 11.2 Å². The Morgan fingerprint density at radius 2 is 2.15 bits per heavy atom. The number of benzene rings is 1. The second kappa shape index (κ2) is 6.79. The van der Waals surface area contributed by atoms with Gasteiger partial charge >= 0.3 is 5.97 Å². The first-order valence-electron chi connectivity index (χ1n) is 6.86. The molecule has 1 unspecified atom stereocenters. The van der Waals surface area contributed by atoms with Crippen LogP contribution in [-0.2, 0) is 16.0 Å². The number of aryl methyl sites for hydroxylation is 1. The van der Waals surface area contributed by atoms with Gasteiger partial charge in [-0.25, -0.2) is 0 Å². The molecule has 20 heavy (non-hydrogen) atoms. The maximum absolute atomic E-state index is 12.3. The molecule has 0 fully saturated rings.